The Hall–Kier alpha value is -1.88. The van der Waals surface area contributed by atoms with Crippen molar-refractivity contribution in [2.75, 3.05) is 6.61 Å². The van der Waals surface area contributed by atoms with Crippen LogP contribution in [-0.2, 0) is 11.3 Å². The summed E-state index contributed by atoms with van der Waals surface area (Å²) in [5.74, 6) is 1.09. The second kappa shape index (κ2) is 7.94. The molecule has 0 saturated heterocycles. The fourth-order valence-electron chi connectivity index (χ4n) is 2.11. The number of aromatic nitrogens is 1. The lowest BCUT2D eigenvalue weighted by Gasteiger charge is -2.15. The number of carbonyl (C=O) groups is 1. The third kappa shape index (κ3) is 4.56. The average molecular weight is 318 g/mol. The van der Waals surface area contributed by atoms with Crippen LogP contribution in [0.2, 0.25) is 0 Å². The Kier molecular flexibility index (Phi) is 5.95. The van der Waals surface area contributed by atoms with Crippen LogP contribution in [0.25, 0.3) is 0 Å². The number of carbonyl (C=O) groups excluding carboxylic acids is 1. The number of nitrogens with one attached hydrogen (secondary N) is 1. The largest absolute Gasteiger partial charge is 0.483 e. The molecule has 0 aliphatic rings. The summed E-state index contributed by atoms with van der Waals surface area (Å²) in [4.78, 5) is 17.1. The maximum atomic E-state index is 11.9. The minimum atomic E-state index is -0.120. The van der Waals surface area contributed by atoms with Crippen molar-refractivity contribution in [1.29, 1.82) is 0 Å². The van der Waals surface area contributed by atoms with Crippen molar-refractivity contribution < 1.29 is 9.53 Å². The summed E-state index contributed by atoms with van der Waals surface area (Å²) >= 11 is 1.59. The van der Waals surface area contributed by atoms with Gasteiger partial charge in [-0.2, -0.15) is 0 Å². The summed E-state index contributed by atoms with van der Waals surface area (Å²) in [5, 5.41) is 3.85. The highest BCUT2D eigenvalue weighted by molar-refractivity contribution is 7.11. The fraction of sp³-hybridized carbons (Fsp3) is 0.412. The molecular weight excluding hydrogens is 296 g/mol. The molecule has 4 nitrogen and oxygen atoms in total. The first-order valence-electron chi connectivity index (χ1n) is 7.50. The maximum absolute atomic E-state index is 11.9. The molecule has 0 spiro atoms. The number of amides is 1. The molecule has 2 rings (SSSR count). The second-order valence-electron chi connectivity index (χ2n) is 5.26. The Morgan fingerprint density at radius 3 is 2.86 bits per heavy atom. The molecule has 0 aliphatic carbocycles. The first-order chi connectivity index (χ1) is 10.6. The molecule has 0 fully saturated rings. The van der Waals surface area contributed by atoms with Gasteiger partial charge in [-0.05, 0) is 30.9 Å². The lowest BCUT2D eigenvalue weighted by Crippen LogP contribution is -2.28. The zero-order valence-electron chi connectivity index (χ0n) is 13.3. The standard InChI is InChI=1S/C17H22N2O2S/c1-4-12(2)15-7-5-6-8-16(15)21-11-17(20)19-10-14-9-18-13(3)22-14/h5-9,12H,4,10-11H2,1-3H3,(H,19,20). The Balaban J connectivity index is 1.86. The van der Waals surface area contributed by atoms with Gasteiger partial charge in [0.2, 0.25) is 0 Å². The molecule has 1 N–H and O–H groups in total. The summed E-state index contributed by atoms with van der Waals surface area (Å²) in [7, 11) is 0. The van der Waals surface area contributed by atoms with E-state index in [9.17, 15) is 4.79 Å². The highest BCUT2D eigenvalue weighted by atomic mass is 32.1. The number of hydrogen-bond acceptors (Lipinski definition) is 4. The number of hydrogen-bond donors (Lipinski definition) is 1. The van der Waals surface area contributed by atoms with Crippen LogP contribution in [0.3, 0.4) is 0 Å². The van der Waals surface area contributed by atoms with Crippen molar-refractivity contribution in [3.05, 3.63) is 45.9 Å². The van der Waals surface area contributed by atoms with Gasteiger partial charge < -0.3 is 10.1 Å². The first-order valence-corrected chi connectivity index (χ1v) is 8.31. The Morgan fingerprint density at radius 2 is 2.18 bits per heavy atom. The van der Waals surface area contributed by atoms with Gasteiger partial charge in [0.15, 0.2) is 6.61 Å². The average Bonchev–Trinajstić information content (AvgIpc) is 2.96. The zero-order valence-corrected chi connectivity index (χ0v) is 14.1. The SMILES string of the molecule is CCC(C)c1ccccc1OCC(=O)NCc1cnc(C)s1. The van der Waals surface area contributed by atoms with Crippen molar-refractivity contribution in [3.8, 4) is 5.75 Å². The number of thiazole rings is 1. The second-order valence-corrected chi connectivity index (χ2v) is 6.58. The molecule has 1 aromatic heterocycles. The monoisotopic (exact) mass is 318 g/mol. The molecule has 2 aromatic rings. The minimum Gasteiger partial charge on any atom is -0.483 e. The Morgan fingerprint density at radius 1 is 1.41 bits per heavy atom. The van der Waals surface area contributed by atoms with E-state index in [0.29, 0.717) is 12.5 Å². The molecule has 1 heterocycles. The smallest absolute Gasteiger partial charge is 0.258 e. The van der Waals surface area contributed by atoms with Gasteiger partial charge in [0, 0.05) is 11.1 Å². The van der Waals surface area contributed by atoms with Crippen LogP contribution in [-0.4, -0.2) is 17.5 Å². The quantitative estimate of drug-likeness (QED) is 0.847. The van der Waals surface area contributed by atoms with Crippen molar-refractivity contribution in [3.63, 3.8) is 0 Å². The first kappa shape index (κ1) is 16.5. The van der Waals surface area contributed by atoms with E-state index >= 15 is 0 Å². The predicted molar refractivity (Wildman–Crippen MR) is 89.3 cm³/mol. The van der Waals surface area contributed by atoms with Gasteiger partial charge in [0.05, 0.1) is 11.6 Å². The van der Waals surface area contributed by atoms with E-state index in [4.69, 9.17) is 4.74 Å². The molecule has 1 unspecified atom stereocenters. The highest BCUT2D eigenvalue weighted by Gasteiger charge is 2.11. The van der Waals surface area contributed by atoms with Gasteiger partial charge in [0.1, 0.15) is 5.75 Å². The van der Waals surface area contributed by atoms with Crippen LogP contribution in [0.15, 0.2) is 30.5 Å². The van der Waals surface area contributed by atoms with Crippen LogP contribution in [0.1, 0.15) is 41.6 Å². The maximum Gasteiger partial charge on any atom is 0.258 e. The van der Waals surface area contributed by atoms with Crippen LogP contribution in [0.4, 0.5) is 0 Å². The molecule has 118 valence electrons. The van der Waals surface area contributed by atoms with Gasteiger partial charge in [-0.3, -0.25) is 4.79 Å². The van der Waals surface area contributed by atoms with E-state index in [1.165, 1.54) is 0 Å². The Bertz CT molecular complexity index is 625. The number of nitrogens with zero attached hydrogens (tertiary/aromatic N) is 1. The normalized spacial score (nSPS) is 12.0. The third-order valence-electron chi connectivity index (χ3n) is 3.55. The van der Waals surface area contributed by atoms with Gasteiger partial charge in [0.25, 0.3) is 5.91 Å². The van der Waals surface area contributed by atoms with E-state index in [1.807, 2.05) is 25.1 Å². The van der Waals surface area contributed by atoms with Crippen molar-refractivity contribution in [1.82, 2.24) is 10.3 Å². The summed E-state index contributed by atoms with van der Waals surface area (Å²) < 4.78 is 5.69. The van der Waals surface area contributed by atoms with E-state index in [2.05, 4.69) is 30.2 Å². The van der Waals surface area contributed by atoms with Crippen molar-refractivity contribution in [2.45, 2.75) is 39.7 Å². The molecule has 5 heteroatoms. The van der Waals surface area contributed by atoms with E-state index in [-0.39, 0.29) is 12.5 Å². The summed E-state index contributed by atoms with van der Waals surface area (Å²) in [6, 6.07) is 7.91. The van der Waals surface area contributed by atoms with Gasteiger partial charge in [-0.15, -0.1) is 11.3 Å². The molecular formula is C17H22N2O2S. The predicted octanol–water partition coefficient (Wildman–Crippen LogP) is 3.66. The fourth-order valence-corrected chi connectivity index (χ4v) is 2.84. The van der Waals surface area contributed by atoms with Crippen LogP contribution < -0.4 is 10.1 Å². The van der Waals surface area contributed by atoms with Crippen LogP contribution >= 0.6 is 11.3 Å². The number of para-hydroxylation sites is 1. The molecule has 22 heavy (non-hydrogen) atoms. The van der Waals surface area contributed by atoms with Crippen molar-refractivity contribution >= 4 is 17.2 Å². The van der Waals surface area contributed by atoms with E-state index in [1.54, 1.807) is 17.5 Å². The third-order valence-corrected chi connectivity index (χ3v) is 4.46. The van der Waals surface area contributed by atoms with Crippen LogP contribution in [0.5, 0.6) is 5.75 Å². The molecule has 0 radical (unpaired) electrons. The van der Waals surface area contributed by atoms with Gasteiger partial charge >= 0.3 is 0 Å². The number of rotatable bonds is 7. The van der Waals surface area contributed by atoms with E-state index in [0.717, 1.165) is 27.6 Å². The van der Waals surface area contributed by atoms with Crippen LogP contribution in [0, 0.1) is 6.92 Å². The lowest BCUT2D eigenvalue weighted by atomic mass is 9.98. The topological polar surface area (TPSA) is 51.2 Å². The lowest BCUT2D eigenvalue weighted by molar-refractivity contribution is -0.123. The van der Waals surface area contributed by atoms with Crippen molar-refractivity contribution in [2.24, 2.45) is 0 Å². The minimum absolute atomic E-state index is 0.0330. The molecule has 1 aromatic carbocycles. The molecule has 1 amide bonds. The highest BCUT2D eigenvalue weighted by Crippen LogP contribution is 2.28. The summed E-state index contributed by atoms with van der Waals surface area (Å²) in [6.07, 6.45) is 2.83. The number of ether oxygens (including phenoxy) is 1. The number of benzene rings is 1. The molecule has 1 atom stereocenters. The van der Waals surface area contributed by atoms with Gasteiger partial charge in [-0.25, -0.2) is 4.98 Å². The zero-order chi connectivity index (χ0) is 15.9. The Labute approximate surface area is 135 Å². The summed E-state index contributed by atoms with van der Waals surface area (Å²) in [5.41, 5.74) is 1.15. The summed E-state index contributed by atoms with van der Waals surface area (Å²) in [6.45, 7) is 6.79. The molecule has 0 bridgehead atoms. The van der Waals surface area contributed by atoms with E-state index < -0.39 is 0 Å². The molecule has 0 saturated carbocycles. The van der Waals surface area contributed by atoms with Gasteiger partial charge in [-0.1, -0.05) is 32.0 Å². The number of aryl methyl sites for hydroxylation is 1. The molecule has 0 aliphatic heterocycles.